The second-order valence-corrected chi connectivity index (χ2v) is 8.45. The Labute approximate surface area is 192 Å². The van der Waals surface area contributed by atoms with Crippen molar-refractivity contribution in [3.8, 4) is 0 Å². The number of hydrogen-bond acceptors (Lipinski definition) is 4. The molecule has 0 unspecified atom stereocenters. The van der Waals surface area contributed by atoms with Crippen LogP contribution in [0.2, 0.25) is 0 Å². The van der Waals surface area contributed by atoms with Crippen LogP contribution >= 0.6 is 0 Å². The quantitative estimate of drug-likeness (QED) is 0.434. The number of fused-ring (bicyclic) bond motifs is 2. The van der Waals surface area contributed by atoms with Gasteiger partial charge in [-0.1, -0.05) is 42.0 Å². The fraction of sp³-hybridized carbons (Fsp3) is 0.231. The highest BCUT2D eigenvalue weighted by Gasteiger charge is 2.18. The highest BCUT2D eigenvalue weighted by molar-refractivity contribution is 6.04. The number of aromatic nitrogens is 5. The maximum Gasteiger partial charge on any atom is 0.272 e. The van der Waals surface area contributed by atoms with E-state index in [0.29, 0.717) is 25.2 Å². The monoisotopic (exact) mass is 438 g/mol. The van der Waals surface area contributed by atoms with Gasteiger partial charge < -0.3 is 5.32 Å². The Balaban J connectivity index is 1.38. The molecule has 3 aromatic heterocycles. The lowest BCUT2D eigenvalue weighted by Gasteiger charge is -2.12. The van der Waals surface area contributed by atoms with Crippen molar-refractivity contribution in [2.45, 2.75) is 33.7 Å². The second-order valence-electron chi connectivity index (χ2n) is 8.45. The third-order valence-electron chi connectivity index (χ3n) is 6.04. The average molecular weight is 439 g/mol. The molecule has 0 spiro atoms. The molecule has 0 fully saturated rings. The van der Waals surface area contributed by atoms with Crippen LogP contribution in [0, 0.1) is 20.8 Å². The normalized spacial score (nSPS) is 11.4. The van der Waals surface area contributed by atoms with Crippen LogP contribution in [0.5, 0.6) is 0 Å². The minimum absolute atomic E-state index is 0.184. The molecule has 0 aliphatic carbocycles. The molecule has 33 heavy (non-hydrogen) atoms. The van der Waals surface area contributed by atoms with Crippen molar-refractivity contribution in [1.29, 1.82) is 0 Å². The molecular formula is C26H26N6O. The van der Waals surface area contributed by atoms with Crippen molar-refractivity contribution >= 4 is 22.5 Å². The average Bonchev–Trinajstić information content (AvgIpc) is 3.38. The van der Waals surface area contributed by atoms with E-state index >= 15 is 0 Å². The summed E-state index contributed by atoms with van der Waals surface area (Å²) in [5, 5.41) is 17.0. The van der Waals surface area contributed by atoms with E-state index in [9.17, 15) is 4.79 Å². The van der Waals surface area contributed by atoms with Crippen LogP contribution in [0.3, 0.4) is 0 Å². The molecule has 166 valence electrons. The number of carbonyl (C=O) groups is 1. The number of aryl methyl sites for hydroxylation is 3. The third kappa shape index (κ3) is 3.98. The molecule has 0 bridgehead atoms. The van der Waals surface area contributed by atoms with Crippen LogP contribution in [-0.4, -0.2) is 36.8 Å². The minimum atomic E-state index is -0.184. The number of amides is 1. The van der Waals surface area contributed by atoms with Gasteiger partial charge in [-0.3, -0.25) is 13.9 Å². The Kier molecular flexibility index (Phi) is 5.38. The summed E-state index contributed by atoms with van der Waals surface area (Å²) in [6.45, 7) is 7.44. The van der Waals surface area contributed by atoms with Gasteiger partial charge in [0.25, 0.3) is 5.91 Å². The summed E-state index contributed by atoms with van der Waals surface area (Å²) in [4.78, 5) is 13.1. The smallest absolute Gasteiger partial charge is 0.272 e. The summed E-state index contributed by atoms with van der Waals surface area (Å²) < 4.78 is 3.86. The fourth-order valence-corrected chi connectivity index (χ4v) is 4.46. The number of nitrogens with zero attached hydrogens (tertiary/aromatic N) is 5. The van der Waals surface area contributed by atoms with Gasteiger partial charge in [0, 0.05) is 24.5 Å². The Hall–Kier alpha value is -4.00. The van der Waals surface area contributed by atoms with Gasteiger partial charge in [-0.15, -0.1) is 10.2 Å². The molecule has 1 N–H and O–H groups in total. The van der Waals surface area contributed by atoms with Crippen molar-refractivity contribution in [2.75, 3.05) is 6.54 Å². The van der Waals surface area contributed by atoms with E-state index in [1.807, 2.05) is 57.7 Å². The molecule has 5 aromatic rings. The molecular weight excluding hydrogens is 412 g/mol. The van der Waals surface area contributed by atoms with Gasteiger partial charge in [0.1, 0.15) is 5.82 Å². The maximum atomic E-state index is 13.1. The van der Waals surface area contributed by atoms with E-state index in [1.54, 1.807) is 0 Å². The summed E-state index contributed by atoms with van der Waals surface area (Å²) in [6, 6.07) is 18.0. The fourth-order valence-electron chi connectivity index (χ4n) is 4.46. The number of carbonyl (C=O) groups excluding carboxylic acids is 1. The highest BCUT2D eigenvalue weighted by atomic mass is 16.1. The van der Waals surface area contributed by atoms with Crippen molar-refractivity contribution in [2.24, 2.45) is 0 Å². The zero-order chi connectivity index (χ0) is 22.9. The standard InChI is InChI=1S/C26H26N6O/c1-17-14-18(2)21(19(3)15-17)16-32-22-9-5-4-8-20(22)25(30-32)26(33)27-12-11-24-29-28-23-10-6-7-13-31(23)24/h4-10,13-15H,11-12,16H2,1-3H3,(H,27,33). The van der Waals surface area contributed by atoms with Crippen LogP contribution in [0.25, 0.3) is 16.6 Å². The Morgan fingerprint density at radius 3 is 2.55 bits per heavy atom. The van der Waals surface area contributed by atoms with Gasteiger partial charge in [0.05, 0.1) is 12.1 Å². The summed E-state index contributed by atoms with van der Waals surface area (Å²) in [5.74, 6) is 0.628. The first kappa shape index (κ1) is 20.9. The molecule has 0 radical (unpaired) electrons. The van der Waals surface area contributed by atoms with Gasteiger partial charge in [-0.2, -0.15) is 5.10 Å². The zero-order valence-electron chi connectivity index (χ0n) is 19.0. The third-order valence-corrected chi connectivity index (χ3v) is 6.04. The second kappa shape index (κ2) is 8.50. The topological polar surface area (TPSA) is 77.1 Å². The summed E-state index contributed by atoms with van der Waals surface area (Å²) in [7, 11) is 0. The first-order valence-corrected chi connectivity index (χ1v) is 11.1. The van der Waals surface area contributed by atoms with Crippen LogP contribution in [0.4, 0.5) is 0 Å². The first-order chi connectivity index (χ1) is 16.0. The molecule has 3 heterocycles. The van der Waals surface area contributed by atoms with Gasteiger partial charge in [-0.05, 0) is 55.7 Å². The molecule has 7 heteroatoms. The number of rotatable bonds is 6. The van der Waals surface area contributed by atoms with Crippen molar-refractivity contribution in [3.05, 3.63) is 94.6 Å². The molecule has 7 nitrogen and oxygen atoms in total. The van der Waals surface area contributed by atoms with Crippen LogP contribution in [-0.2, 0) is 13.0 Å². The van der Waals surface area contributed by atoms with Gasteiger partial charge in [-0.25, -0.2) is 0 Å². The van der Waals surface area contributed by atoms with Gasteiger partial charge in [0.15, 0.2) is 11.3 Å². The molecule has 0 aliphatic heterocycles. The van der Waals surface area contributed by atoms with E-state index in [2.05, 4.69) is 48.4 Å². The predicted octanol–water partition coefficient (Wildman–Crippen LogP) is 4.03. The molecule has 0 saturated carbocycles. The van der Waals surface area contributed by atoms with E-state index in [1.165, 1.54) is 22.3 Å². The number of hydrogen-bond donors (Lipinski definition) is 1. The number of nitrogens with one attached hydrogen (secondary N) is 1. The zero-order valence-corrected chi connectivity index (χ0v) is 19.0. The van der Waals surface area contributed by atoms with E-state index in [0.717, 1.165) is 22.4 Å². The molecule has 0 atom stereocenters. The number of para-hydroxylation sites is 1. The van der Waals surface area contributed by atoms with Gasteiger partial charge in [0.2, 0.25) is 0 Å². The molecule has 1 amide bonds. The number of benzene rings is 2. The maximum absolute atomic E-state index is 13.1. The van der Waals surface area contributed by atoms with E-state index in [-0.39, 0.29) is 5.91 Å². The van der Waals surface area contributed by atoms with Crippen LogP contribution < -0.4 is 5.32 Å². The van der Waals surface area contributed by atoms with Crippen LogP contribution in [0.15, 0.2) is 60.8 Å². The lowest BCUT2D eigenvalue weighted by atomic mass is 10.00. The molecule has 2 aromatic carbocycles. The van der Waals surface area contributed by atoms with Gasteiger partial charge >= 0.3 is 0 Å². The number of pyridine rings is 1. The minimum Gasteiger partial charge on any atom is -0.350 e. The summed E-state index contributed by atoms with van der Waals surface area (Å²) in [5.41, 5.74) is 7.14. The largest absolute Gasteiger partial charge is 0.350 e. The van der Waals surface area contributed by atoms with Crippen molar-refractivity contribution in [1.82, 2.24) is 29.7 Å². The molecule has 5 rings (SSSR count). The van der Waals surface area contributed by atoms with Crippen LogP contribution in [0.1, 0.15) is 38.6 Å². The summed E-state index contributed by atoms with van der Waals surface area (Å²) >= 11 is 0. The first-order valence-electron chi connectivity index (χ1n) is 11.1. The SMILES string of the molecule is Cc1cc(C)c(Cn2nc(C(=O)NCCc3nnc4ccccn34)c3ccccc32)c(C)c1. The Morgan fingerprint density at radius 2 is 1.73 bits per heavy atom. The van der Waals surface area contributed by atoms with E-state index < -0.39 is 0 Å². The Morgan fingerprint density at radius 1 is 0.970 bits per heavy atom. The lowest BCUT2D eigenvalue weighted by molar-refractivity contribution is 0.0949. The lowest BCUT2D eigenvalue weighted by Crippen LogP contribution is -2.27. The van der Waals surface area contributed by atoms with Crippen molar-refractivity contribution in [3.63, 3.8) is 0 Å². The van der Waals surface area contributed by atoms with Crippen molar-refractivity contribution < 1.29 is 4.79 Å². The van der Waals surface area contributed by atoms with E-state index in [4.69, 9.17) is 5.10 Å². The summed E-state index contributed by atoms with van der Waals surface area (Å²) in [6.07, 6.45) is 2.51. The predicted molar refractivity (Wildman–Crippen MR) is 129 cm³/mol. The molecule has 0 saturated heterocycles. The molecule has 0 aliphatic rings. The highest BCUT2D eigenvalue weighted by Crippen LogP contribution is 2.23. The Bertz CT molecular complexity index is 1460.